The SMILES string of the molecule is O=C(CN1C(=O)NC2(CCCCCCC2)C1=O)N[C@H]1CCCc2ccccc21. The first-order valence-electron chi connectivity index (χ1n) is 10.6. The normalized spacial score (nSPS) is 24.3. The van der Waals surface area contributed by atoms with Gasteiger partial charge in [0.25, 0.3) is 5.91 Å². The number of amides is 4. The highest BCUT2D eigenvalue weighted by Crippen LogP contribution is 2.32. The van der Waals surface area contributed by atoms with Crippen LogP contribution in [-0.2, 0) is 16.0 Å². The summed E-state index contributed by atoms with van der Waals surface area (Å²) in [5, 5.41) is 5.96. The molecule has 1 aromatic carbocycles. The van der Waals surface area contributed by atoms with Gasteiger partial charge in [-0.05, 0) is 43.2 Å². The van der Waals surface area contributed by atoms with E-state index in [2.05, 4.69) is 22.8 Å². The van der Waals surface area contributed by atoms with E-state index in [4.69, 9.17) is 0 Å². The van der Waals surface area contributed by atoms with Gasteiger partial charge in [-0.25, -0.2) is 4.79 Å². The number of nitrogens with one attached hydrogen (secondary N) is 2. The van der Waals surface area contributed by atoms with E-state index in [1.54, 1.807) is 0 Å². The summed E-state index contributed by atoms with van der Waals surface area (Å²) >= 11 is 0. The molecule has 0 radical (unpaired) electrons. The van der Waals surface area contributed by atoms with Crippen LogP contribution in [0.3, 0.4) is 0 Å². The highest BCUT2D eigenvalue weighted by Gasteiger charge is 2.50. The van der Waals surface area contributed by atoms with Crippen molar-refractivity contribution in [1.82, 2.24) is 15.5 Å². The van der Waals surface area contributed by atoms with Gasteiger partial charge in [-0.3, -0.25) is 14.5 Å². The average molecular weight is 383 g/mol. The summed E-state index contributed by atoms with van der Waals surface area (Å²) in [6.45, 7) is -0.203. The predicted molar refractivity (Wildman–Crippen MR) is 106 cm³/mol. The van der Waals surface area contributed by atoms with Crippen LogP contribution in [0.15, 0.2) is 24.3 Å². The van der Waals surface area contributed by atoms with Crippen LogP contribution in [0.5, 0.6) is 0 Å². The Morgan fingerprint density at radius 3 is 2.57 bits per heavy atom. The van der Waals surface area contributed by atoms with Gasteiger partial charge in [0.2, 0.25) is 5.91 Å². The molecule has 6 nitrogen and oxygen atoms in total. The molecule has 1 saturated heterocycles. The summed E-state index contributed by atoms with van der Waals surface area (Å²) in [5.74, 6) is -0.494. The van der Waals surface area contributed by atoms with Crippen LogP contribution in [0.4, 0.5) is 4.79 Å². The average Bonchev–Trinajstić information content (AvgIpc) is 2.90. The lowest BCUT2D eigenvalue weighted by molar-refractivity contribution is -0.135. The summed E-state index contributed by atoms with van der Waals surface area (Å²) in [6, 6.07) is 7.68. The predicted octanol–water partition coefficient (Wildman–Crippen LogP) is 3.22. The monoisotopic (exact) mass is 383 g/mol. The largest absolute Gasteiger partial charge is 0.348 e. The smallest absolute Gasteiger partial charge is 0.325 e. The van der Waals surface area contributed by atoms with E-state index < -0.39 is 11.6 Å². The first-order valence-corrected chi connectivity index (χ1v) is 10.6. The second-order valence-corrected chi connectivity index (χ2v) is 8.38. The Kier molecular flexibility index (Phi) is 5.38. The fourth-order valence-corrected chi connectivity index (χ4v) is 4.96. The molecule has 1 saturated carbocycles. The summed E-state index contributed by atoms with van der Waals surface area (Å²) < 4.78 is 0. The van der Waals surface area contributed by atoms with Gasteiger partial charge < -0.3 is 10.6 Å². The molecule has 1 aromatic rings. The van der Waals surface area contributed by atoms with Crippen LogP contribution in [0.1, 0.15) is 75.0 Å². The van der Waals surface area contributed by atoms with Crippen LogP contribution in [0.25, 0.3) is 0 Å². The lowest BCUT2D eigenvalue weighted by atomic mass is 9.84. The first kappa shape index (κ1) is 19.0. The minimum absolute atomic E-state index is 0.0476. The van der Waals surface area contributed by atoms with Crippen molar-refractivity contribution in [3.05, 3.63) is 35.4 Å². The number of hydrogen-bond acceptors (Lipinski definition) is 3. The van der Waals surface area contributed by atoms with Crippen LogP contribution < -0.4 is 10.6 Å². The third kappa shape index (κ3) is 3.64. The van der Waals surface area contributed by atoms with E-state index in [0.717, 1.165) is 55.4 Å². The van der Waals surface area contributed by atoms with E-state index in [-0.39, 0.29) is 24.4 Å². The van der Waals surface area contributed by atoms with Gasteiger partial charge >= 0.3 is 6.03 Å². The molecule has 2 fully saturated rings. The van der Waals surface area contributed by atoms with Crippen molar-refractivity contribution >= 4 is 17.8 Å². The molecule has 1 heterocycles. The molecule has 150 valence electrons. The molecule has 4 amide bonds. The van der Waals surface area contributed by atoms with Gasteiger partial charge in [-0.1, -0.05) is 56.4 Å². The molecular weight excluding hydrogens is 354 g/mol. The molecule has 2 aliphatic carbocycles. The minimum Gasteiger partial charge on any atom is -0.348 e. The number of rotatable bonds is 3. The number of fused-ring (bicyclic) bond motifs is 1. The molecule has 1 spiro atoms. The van der Waals surface area contributed by atoms with E-state index >= 15 is 0 Å². The van der Waals surface area contributed by atoms with Crippen molar-refractivity contribution in [2.45, 2.75) is 75.8 Å². The van der Waals surface area contributed by atoms with Crippen LogP contribution in [-0.4, -0.2) is 34.8 Å². The maximum atomic E-state index is 13.0. The number of imide groups is 1. The molecule has 1 aliphatic heterocycles. The molecular formula is C22H29N3O3. The fourth-order valence-electron chi connectivity index (χ4n) is 4.96. The van der Waals surface area contributed by atoms with E-state index in [0.29, 0.717) is 12.8 Å². The summed E-state index contributed by atoms with van der Waals surface area (Å²) in [4.78, 5) is 39.3. The maximum Gasteiger partial charge on any atom is 0.325 e. The first-order chi connectivity index (χ1) is 13.6. The lowest BCUT2D eigenvalue weighted by Gasteiger charge is -2.29. The number of aryl methyl sites for hydroxylation is 1. The Hall–Kier alpha value is -2.37. The van der Waals surface area contributed by atoms with E-state index in [1.807, 2.05) is 12.1 Å². The van der Waals surface area contributed by atoms with Crippen molar-refractivity contribution in [3.63, 3.8) is 0 Å². The molecule has 2 N–H and O–H groups in total. The van der Waals surface area contributed by atoms with Gasteiger partial charge in [0.1, 0.15) is 12.1 Å². The van der Waals surface area contributed by atoms with Crippen molar-refractivity contribution in [2.24, 2.45) is 0 Å². The molecule has 4 rings (SSSR count). The second kappa shape index (κ2) is 7.94. The number of carbonyl (C=O) groups excluding carboxylic acids is 3. The van der Waals surface area contributed by atoms with E-state index in [1.165, 1.54) is 12.0 Å². The zero-order valence-electron chi connectivity index (χ0n) is 16.3. The summed E-state index contributed by atoms with van der Waals surface area (Å²) in [5.41, 5.74) is 1.62. The summed E-state index contributed by atoms with van der Waals surface area (Å²) in [6.07, 6.45) is 9.51. The molecule has 6 heteroatoms. The van der Waals surface area contributed by atoms with Crippen LogP contribution in [0, 0.1) is 0 Å². The Morgan fingerprint density at radius 2 is 1.79 bits per heavy atom. The number of carbonyl (C=O) groups is 3. The highest BCUT2D eigenvalue weighted by molar-refractivity contribution is 6.09. The zero-order valence-corrected chi connectivity index (χ0v) is 16.3. The van der Waals surface area contributed by atoms with Gasteiger partial charge in [0, 0.05) is 0 Å². The van der Waals surface area contributed by atoms with Gasteiger partial charge in [-0.15, -0.1) is 0 Å². The molecule has 0 unspecified atom stereocenters. The lowest BCUT2D eigenvalue weighted by Crippen LogP contribution is -2.48. The molecule has 28 heavy (non-hydrogen) atoms. The standard InChI is InChI=1S/C22H29N3O3/c26-19(23-18-12-8-10-16-9-4-5-11-17(16)18)15-25-20(27)22(24-21(25)28)13-6-2-1-3-7-14-22/h4-5,9,11,18H,1-3,6-8,10,12-15H2,(H,23,26)(H,24,28)/t18-/m0/s1. The highest BCUT2D eigenvalue weighted by atomic mass is 16.2. The van der Waals surface area contributed by atoms with Crippen molar-refractivity contribution < 1.29 is 14.4 Å². The number of urea groups is 1. The molecule has 1 atom stereocenters. The van der Waals surface area contributed by atoms with Crippen LogP contribution in [0.2, 0.25) is 0 Å². The third-order valence-corrected chi connectivity index (χ3v) is 6.46. The fraction of sp³-hybridized carbons (Fsp3) is 0.591. The topological polar surface area (TPSA) is 78.5 Å². The third-order valence-electron chi connectivity index (χ3n) is 6.46. The second-order valence-electron chi connectivity index (χ2n) is 8.38. The Balaban J connectivity index is 1.42. The summed E-state index contributed by atoms with van der Waals surface area (Å²) in [7, 11) is 0. The van der Waals surface area contributed by atoms with Crippen LogP contribution >= 0.6 is 0 Å². The Bertz CT molecular complexity index is 768. The number of benzene rings is 1. The van der Waals surface area contributed by atoms with Crippen molar-refractivity contribution in [3.8, 4) is 0 Å². The zero-order chi connectivity index (χ0) is 19.6. The Labute approximate surface area is 166 Å². The molecule has 3 aliphatic rings. The minimum atomic E-state index is -0.796. The van der Waals surface area contributed by atoms with Gasteiger partial charge in [-0.2, -0.15) is 0 Å². The quantitative estimate of drug-likeness (QED) is 0.787. The van der Waals surface area contributed by atoms with Gasteiger partial charge in [0.15, 0.2) is 0 Å². The maximum absolute atomic E-state index is 13.0. The molecule has 0 aromatic heterocycles. The number of hydrogen-bond donors (Lipinski definition) is 2. The molecule has 0 bridgehead atoms. The van der Waals surface area contributed by atoms with Gasteiger partial charge in [0.05, 0.1) is 6.04 Å². The van der Waals surface area contributed by atoms with Crippen molar-refractivity contribution in [2.75, 3.05) is 6.54 Å². The Morgan fingerprint density at radius 1 is 1.07 bits per heavy atom. The number of nitrogens with zero attached hydrogens (tertiary/aromatic N) is 1. The van der Waals surface area contributed by atoms with E-state index in [9.17, 15) is 14.4 Å². The van der Waals surface area contributed by atoms with Crippen molar-refractivity contribution in [1.29, 1.82) is 0 Å².